The number of fused-ring (bicyclic) bond motifs is 1. The van der Waals surface area contributed by atoms with E-state index in [-0.39, 0.29) is 11.5 Å². The van der Waals surface area contributed by atoms with E-state index >= 15 is 0 Å². The van der Waals surface area contributed by atoms with Crippen LogP contribution in [0, 0.1) is 19.3 Å². The number of hydrogen-bond acceptors (Lipinski definition) is 6. The van der Waals surface area contributed by atoms with Gasteiger partial charge in [0, 0.05) is 23.6 Å². The molecule has 1 unspecified atom stereocenters. The van der Waals surface area contributed by atoms with E-state index < -0.39 is 11.0 Å². The van der Waals surface area contributed by atoms with Gasteiger partial charge < -0.3 is 14.9 Å². The lowest BCUT2D eigenvalue weighted by Crippen LogP contribution is -2.53. The Morgan fingerprint density at radius 1 is 1.40 bits per heavy atom. The molecule has 1 aliphatic rings. The average Bonchev–Trinajstić information content (AvgIpc) is 3.06. The number of aryl methyl sites for hydroxylation is 1. The second kappa shape index (κ2) is 8.19. The Balaban J connectivity index is 1.78. The number of pyridine rings is 1. The number of hydrogen-bond donors (Lipinski definition) is 1. The number of benzene rings is 1. The van der Waals surface area contributed by atoms with Crippen LogP contribution in [0.4, 0.5) is 0 Å². The first-order valence-electron chi connectivity index (χ1n) is 9.69. The van der Waals surface area contributed by atoms with E-state index in [1.165, 1.54) is 11.8 Å². The summed E-state index contributed by atoms with van der Waals surface area (Å²) >= 11 is 1.32. The summed E-state index contributed by atoms with van der Waals surface area (Å²) in [5.74, 6) is 2.95. The zero-order chi connectivity index (χ0) is 22.1. The lowest BCUT2D eigenvalue weighted by molar-refractivity contribution is -0.125. The molecule has 1 atom stereocenters. The van der Waals surface area contributed by atoms with Crippen molar-refractivity contribution in [3.8, 4) is 18.1 Å². The Morgan fingerprint density at radius 2 is 2.13 bits per heavy atom. The van der Waals surface area contributed by atoms with E-state index in [0.29, 0.717) is 17.7 Å². The van der Waals surface area contributed by atoms with Gasteiger partial charge in [0.2, 0.25) is 5.44 Å². The number of terminal acetylenes is 1. The van der Waals surface area contributed by atoms with Crippen LogP contribution in [-0.4, -0.2) is 39.4 Å². The lowest BCUT2D eigenvalue weighted by atomic mass is 9.90. The smallest absolute Gasteiger partial charge is 0.272 e. The van der Waals surface area contributed by atoms with Gasteiger partial charge in [-0.25, -0.2) is 0 Å². The molecular weight excluding hydrogens is 398 g/mol. The molecule has 0 aliphatic carbocycles. The SMILES string of the molecule is C#Cc1cnc2c(C)cc(OC(SC)C(=O)NC(C)(C)C3=NOC(C)(C)C3)cc2c1. The van der Waals surface area contributed by atoms with Crippen molar-refractivity contribution in [3.63, 3.8) is 0 Å². The van der Waals surface area contributed by atoms with Crippen molar-refractivity contribution >= 4 is 34.3 Å². The number of thioether (sulfide) groups is 1. The molecule has 1 aromatic carbocycles. The molecule has 0 radical (unpaired) electrons. The summed E-state index contributed by atoms with van der Waals surface area (Å²) in [6.45, 7) is 9.72. The summed E-state index contributed by atoms with van der Waals surface area (Å²) in [5.41, 5.74) is 1.58. The van der Waals surface area contributed by atoms with Gasteiger partial charge in [0.15, 0.2) is 0 Å². The first-order chi connectivity index (χ1) is 14.0. The Morgan fingerprint density at radius 3 is 2.73 bits per heavy atom. The number of carbonyl (C=O) groups excluding carboxylic acids is 1. The largest absolute Gasteiger partial charge is 0.470 e. The molecule has 1 N–H and O–H groups in total. The number of rotatable bonds is 6. The topological polar surface area (TPSA) is 72.8 Å². The molecule has 0 spiro atoms. The maximum absolute atomic E-state index is 13.0. The van der Waals surface area contributed by atoms with Gasteiger partial charge in [-0.05, 0) is 64.6 Å². The Bertz CT molecular complexity index is 1050. The van der Waals surface area contributed by atoms with E-state index in [1.807, 2.05) is 59.1 Å². The van der Waals surface area contributed by atoms with Crippen LogP contribution >= 0.6 is 11.8 Å². The summed E-state index contributed by atoms with van der Waals surface area (Å²) in [7, 11) is 0. The van der Waals surface area contributed by atoms with Crippen LogP contribution in [0.2, 0.25) is 0 Å². The number of nitrogens with one attached hydrogen (secondary N) is 1. The molecule has 6 nitrogen and oxygen atoms in total. The van der Waals surface area contributed by atoms with Gasteiger partial charge in [0.05, 0.1) is 16.8 Å². The highest BCUT2D eigenvalue weighted by atomic mass is 32.2. The van der Waals surface area contributed by atoms with Gasteiger partial charge in [0.1, 0.15) is 11.4 Å². The first kappa shape index (κ1) is 22.0. The number of aromatic nitrogens is 1. The minimum absolute atomic E-state index is 0.229. The molecule has 0 saturated carbocycles. The summed E-state index contributed by atoms with van der Waals surface area (Å²) < 4.78 is 6.04. The van der Waals surface area contributed by atoms with Crippen LogP contribution in [0.15, 0.2) is 29.6 Å². The zero-order valence-corrected chi connectivity index (χ0v) is 19.0. The van der Waals surface area contributed by atoms with Gasteiger partial charge >= 0.3 is 0 Å². The standard InChI is InChI=1S/C23H27N3O3S/c1-8-15-10-16-11-17(9-14(2)19(16)24-13-15)28-21(30-7)20(27)25-23(5,6)18-12-22(3,4)29-26-18/h1,9-11,13,21H,12H2,2-7H3,(H,25,27). The van der Waals surface area contributed by atoms with Gasteiger partial charge in [-0.15, -0.1) is 18.2 Å². The third-order valence-electron chi connectivity index (χ3n) is 4.94. The lowest BCUT2D eigenvalue weighted by Gasteiger charge is -2.28. The fraction of sp³-hybridized carbons (Fsp3) is 0.435. The third kappa shape index (κ3) is 4.71. The molecule has 1 aromatic heterocycles. The molecule has 1 aliphatic heterocycles. The van der Waals surface area contributed by atoms with E-state index in [0.717, 1.165) is 22.2 Å². The first-order valence-corrected chi connectivity index (χ1v) is 11.0. The van der Waals surface area contributed by atoms with E-state index in [2.05, 4.69) is 21.4 Å². The second-order valence-electron chi connectivity index (χ2n) is 8.55. The van der Waals surface area contributed by atoms with Crippen molar-refractivity contribution in [1.29, 1.82) is 0 Å². The van der Waals surface area contributed by atoms with Crippen LogP contribution in [0.25, 0.3) is 10.9 Å². The fourth-order valence-electron chi connectivity index (χ4n) is 3.30. The van der Waals surface area contributed by atoms with E-state index in [9.17, 15) is 4.79 Å². The number of carbonyl (C=O) groups is 1. The van der Waals surface area contributed by atoms with E-state index in [1.54, 1.807) is 6.20 Å². The predicted molar refractivity (Wildman–Crippen MR) is 122 cm³/mol. The summed E-state index contributed by atoms with van der Waals surface area (Å²) in [6.07, 6.45) is 9.65. The molecule has 2 heterocycles. The molecule has 2 aromatic rings. The van der Waals surface area contributed by atoms with Crippen molar-refractivity contribution < 1.29 is 14.4 Å². The summed E-state index contributed by atoms with van der Waals surface area (Å²) in [5, 5.41) is 8.09. The number of amides is 1. The van der Waals surface area contributed by atoms with Gasteiger partial charge in [-0.1, -0.05) is 11.1 Å². The van der Waals surface area contributed by atoms with Crippen LogP contribution in [0.5, 0.6) is 5.75 Å². The molecule has 0 fully saturated rings. The van der Waals surface area contributed by atoms with Crippen molar-refractivity contribution in [3.05, 3.63) is 35.5 Å². The number of nitrogens with zero attached hydrogens (tertiary/aromatic N) is 2. The fourth-order valence-corrected chi connectivity index (χ4v) is 3.78. The van der Waals surface area contributed by atoms with Crippen LogP contribution < -0.4 is 10.1 Å². The maximum atomic E-state index is 13.0. The van der Waals surface area contributed by atoms with E-state index in [4.69, 9.17) is 16.0 Å². The molecule has 158 valence electrons. The van der Waals surface area contributed by atoms with Crippen LogP contribution in [0.3, 0.4) is 0 Å². The highest BCUT2D eigenvalue weighted by Crippen LogP contribution is 2.29. The molecule has 1 amide bonds. The molecule has 30 heavy (non-hydrogen) atoms. The highest BCUT2D eigenvalue weighted by molar-refractivity contribution is 7.99. The average molecular weight is 426 g/mol. The minimum atomic E-state index is -0.721. The zero-order valence-electron chi connectivity index (χ0n) is 18.2. The van der Waals surface area contributed by atoms with Crippen molar-refractivity contribution in [2.45, 2.75) is 57.6 Å². The molecule has 7 heteroatoms. The van der Waals surface area contributed by atoms with Crippen LogP contribution in [0.1, 0.15) is 45.2 Å². The van der Waals surface area contributed by atoms with Gasteiger partial charge in [-0.3, -0.25) is 9.78 Å². The maximum Gasteiger partial charge on any atom is 0.272 e. The Hall–Kier alpha value is -2.72. The van der Waals surface area contributed by atoms with Crippen molar-refractivity contribution in [2.24, 2.45) is 5.16 Å². The molecule has 0 saturated heterocycles. The Kier molecular flexibility index (Phi) is 6.00. The Labute approximate surface area is 181 Å². The monoisotopic (exact) mass is 425 g/mol. The second-order valence-corrected chi connectivity index (χ2v) is 9.45. The molecule has 0 bridgehead atoms. The predicted octanol–water partition coefficient (Wildman–Crippen LogP) is 4.04. The molecule has 3 rings (SSSR count). The quantitative estimate of drug-likeness (QED) is 0.559. The summed E-state index contributed by atoms with van der Waals surface area (Å²) in [6, 6.07) is 5.62. The van der Waals surface area contributed by atoms with Crippen molar-refractivity contribution in [1.82, 2.24) is 10.3 Å². The summed E-state index contributed by atoms with van der Waals surface area (Å²) in [4.78, 5) is 22.8. The normalized spacial score (nSPS) is 16.4. The minimum Gasteiger partial charge on any atom is -0.470 e. The van der Waals surface area contributed by atoms with Crippen LogP contribution in [-0.2, 0) is 9.63 Å². The van der Waals surface area contributed by atoms with Gasteiger partial charge in [-0.2, -0.15) is 0 Å². The molecular formula is C23H27N3O3S. The highest BCUT2D eigenvalue weighted by Gasteiger charge is 2.39. The number of oxime groups is 1. The number of ether oxygens (including phenoxy) is 1. The van der Waals surface area contributed by atoms with Crippen molar-refractivity contribution in [2.75, 3.05) is 6.26 Å². The third-order valence-corrected chi connectivity index (χ3v) is 5.68. The van der Waals surface area contributed by atoms with Gasteiger partial charge in [0.25, 0.3) is 5.91 Å².